The summed E-state index contributed by atoms with van der Waals surface area (Å²) >= 11 is 0. The van der Waals surface area contributed by atoms with E-state index in [0.717, 1.165) is 0 Å². The van der Waals surface area contributed by atoms with Gasteiger partial charge in [0.15, 0.2) is 0 Å². The van der Waals surface area contributed by atoms with E-state index in [4.69, 9.17) is 5.11 Å². The maximum absolute atomic E-state index is 12.1. The molecule has 0 aliphatic heterocycles. The molecule has 0 spiro atoms. The van der Waals surface area contributed by atoms with Crippen LogP contribution in [0.15, 0.2) is 29.2 Å². The minimum absolute atomic E-state index is 0.0453. The molecule has 8 heteroatoms. The smallest absolute Gasteiger partial charge is 0.303 e. The molecule has 1 rings (SSSR count). The lowest BCUT2D eigenvalue weighted by Gasteiger charge is -2.18. The van der Waals surface area contributed by atoms with E-state index in [1.165, 1.54) is 24.3 Å². The molecule has 0 radical (unpaired) electrons. The van der Waals surface area contributed by atoms with E-state index in [-0.39, 0.29) is 30.2 Å². The minimum Gasteiger partial charge on any atom is -0.481 e. The second-order valence-corrected chi connectivity index (χ2v) is 6.66. The van der Waals surface area contributed by atoms with Crippen molar-refractivity contribution in [3.8, 4) is 0 Å². The van der Waals surface area contributed by atoms with Crippen LogP contribution in [0.2, 0.25) is 0 Å². The number of nitrogens with zero attached hydrogens (tertiary/aromatic N) is 1. The van der Waals surface area contributed by atoms with Crippen LogP contribution in [-0.4, -0.2) is 49.9 Å². The van der Waals surface area contributed by atoms with Gasteiger partial charge in [-0.2, -0.15) is 0 Å². The first kappa shape index (κ1) is 19.1. The zero-order valence-electron chi connectivity index (χ0n) is 13.3. The molecule has 0 heterocycles. The van der Waals surface area contributed by atoms with Crippen molar-refractivity contribution in [1.82, 2.24) is 9.62 Å². The fourth-order valence-electron chi connectivity index (χ4n) is 2.00. The van der Waals surface area contributed by atoms with E-state index in [1.54, 1.807) is 4.90 Å². The summed E-state index contributed by atoms with van der Waals surface area (Å²) in [5.41, 5.74) is 0.429. The quantitative estimate of drug-likeness (QED) is 0.659. The van der Waals surface area contributed by atoms with Gasteiger partial charge in [0.25, 0.3) is 5.91 Å². The molecule has 0 bridgehead atoms. The lowest BCUT2D eigenvalue weighted by atomic mass is 10.2. The van der Waals surface area contributed by atoms with Crippen molar-refractivity contribution in [3.05, 3.63) is 29.8 Å². The van der Waals surface area contributed by atoms with E-state index in [2.05, 4.69) is 4.72 Å². The van der Waals surface area contributed by atoms with Crippen molar-refractivity contribution in [2.45, 2.75) is 31.6 Å². The van der Waals surface area contributed by atoms with Gasteiger partial charge in [0.2, 0.25) is 10.0 Å². The van der Waals surface area contributed by atoms with Gasteiger partial charge in [-0.15, -0.1) is 0 Å². The summed E-state index contributed by atoms with van der Waals surface area (Å²) < 4.78 is 26.4. The number of carbonyl (C=O) groups is 2. The van der Waals surface area contributed by atoms with Crippen LogP contribution in [0.3, 0.4) is 0 Å². The topological polar surface area (TPSA) is 104 Å². The van der Waals surface area contributed by atoms with E-state index >= 15 is 0 Å². The third-order valence-corrected chi connectivity index (χ3v) is 4.80. The zero-order chi connectivity index (χ0) is 17.5. The molecule has 0 aromatic heterocycles. The predicted octanol–water partition coefficient (Wildman–Crippen LogP) is 1.31. The van der Waals surface area contributed by atoms with Crippen molar-refractivity contribution >= 4 is 21.9 Å². The van der Waals surface area contributed by atoms with Gasteiger partial charge in [0.05, 0.1) is 4.90 Å². The Kier molecular flexibility index (Phi) is 7.18. The Morgan fingerprint density at radius 2 is 1.70 bits per heavy atom. The Balaban J connectivity index is 2.75. The largest absolute Gasteiger partial charge is 0.481 e. The summed E-state index contributed by atoms with van der Waals surface area (Å²) in [6.45, 7) is 4.97. The van der Waals surface area contributed by atoms with Gasteiger partial charge in [-0.3, -0.25) is 9.59 Å². The fourth-order valence-corrected chi connectivity index (χ4v) is 3.07. The lowest BCUT2D eigenvalue weighted by Crippen LogP contribution is -2.30. The summed E-state index contributed by atoms with van der Waals surface area (Å²) in [5, 5.41) is 8.51. The minimum atomic E-state index is -3.70. The second kappa shape index (κ2) is 8.64. The molecule has 0 saturated heterocycles. The molecule has 128 valence electrons. The van der Waals surface area contributed by atoms with Gasteiger partial charge in [0.1, 0.15) is 0 Å². The molecule has 0 saturated carbocycles. The standard InChI is InChI=1S/C15H22N2O5S/c1-3-17(4-2)15(20)12-7-9-13(10-8-12)23(21,22)16-11-5-6-14(18)19/h7-10,16H,3-6,11H2,1-2H3,(H,18,19). The summed E-state index contributed by atoms with van der Waals surface area (Å²) in [7, 11) is -3.70. The lowest BCUT2D eigenvalue weighted by molar-refractivity contribution is -0.137. The molecule has 23 heavy (non-hydrogen) atoms. The molecule has 0 aliphatic rings. The number of carbonyl (C=O) groups excluding carboxylic acids is 1. The zero-order valence-corrected chi connectivity index (χ0v) is 14.1. The third-order valence-electron chi connectivity index (χ3n) is 3.32. The number of sulfonamides is 1. The number of aliphatic carboxylic acids is 1. The van der Waals surface area contributed by atoms with Gasteiger partial charge >= 0.3 is 5.97 Å². The Morgan fingerprint density at radius 1 is 1.13 bits per heavy atom. The van der Waals surface area contributed by atoms with Gasteiger partial charge < -0.3 is 10.0 Å². The number of carboxylic acid groups (broad SMARTS) is 1. The maximum Gasteiger partial charge on any atom is 0.303 e. The molecule has 7 nitrogen and oxygen atoms in total. The first-order valence-electron chi connectivity index (χ1n) is 7.42. The van der Waals surface area contributed by atoms with Gasteiger partial charge in [-0.1, -0.05) is 0 Å². The summed E-state index contributed by atoms with van der Waals surface area (Å²) in [6, 6.07) is 5.70. The molecule has 2 N–H and O–H groups in total. The number of benzene rings is 1. The average Bonchev–Trinajstić information content (AvgIpc) is 2.52. The van der Waals surface area contributed by atoms with E-state index < -0.39 is 16.0 Å². The maximum atomic E-state index is 12.1. The molecular formula is C15H22N2O5S. The predicted molar refractivity (Wildman–Crippen MR) is 85.8 cm³/mol. The SMILES string of the molecule is CCN(CC)C(=O)c1ccc(S(=O)(=O)NCCCC(=O)O)cc1. The normalized spacial score (nSPS) is 11.2. The van der Waals surface area contributed by atoms with E-state index in [9.17, 15) is 18.0 Å². The Hall–Kier alpha value is -1.93. The second-order valence-electron chi connectivity index (χ2n) is 4.90. The molecule has 0 atom stereocenters. The highest BCUT2D eigenvalue weighted by molar-refractivity contribution is 7.89. The summed E-state index contributed by atoms with van der Waals surface area (Å²) in [5.74, 6) is -1.11. The number of nitrogens with one attached hydrogen (secondary N) is 1. The number of rotatable bonds is 9. The molecule has 1 amide bonds. The van der Waals surface area contributed by atoms with Crippen molar-refractivity contribution in [2.75, 3.05) is 19.6 Å². The van der Waals surface area contributed by atoms with Crippen molar-refractivity contribution in [3.63, 3.8) is 0 Å². The van der Waals surface area contributed by atoms with Crippen LogP contribution in [0.1, 0.15) is 37.0 Å². The van der Waals surface area contributed by atoms with Crippen LogP contribution in [0, 0.1) is 0 Å². The van der Waals surface area contributed by atoms with Crippen LogP contribution in [0.4, 0.5) is 0 Å². The Morgan fingerprint density at radius 3 is 2.17 bits per heavy atom. The number of carboxylic acids is 1. The van der Waals surface area contributed by atoms with Gasteiger partial charge in [-0.05, 0) is 44.5 Å². The molecule has 0 aliphatic carbocycles. The first-order chi connectivity index (χ1) is 10.8. The monoisotopic (exact) mass is 342 g/mol. The van der Waals surface area contributed by atoms with Crippen LogP contribution in [0.25, 0.3) is 0 Å². The first-order valence-corrected chi connectivity index (χ1v) is 8.91. The fraction of sp³-hybridized carbons (Fsp3) is 0.467. The third kappa shape index (κ3) is 5.65. The van der Waals surface area contributed by atoms with Crippen molar-refractivity contribution < 1.29 is 23.1 Å². The highest BCUT2D eigenvalue weighted by Gasteiger charge is 2.16. The molecule has 1 aromatic carbocycles. The number of hydrogen-bond donors (Lipinski definition) is 2. The van der Waals surface area contributed by atoms with Crippen LogP contribution < -0.4 is 4.72 Å². The highest BCUT2D eigenvalue weighted by Crippen LogP contribution is 2.12. The molecule has 0 fully saturated rings. The van der Waals surface area contributed by atoms with E-state index in [0.29, 0.717) is 18.7 Å². The number of amides is 1. The number of hydrogen-bond acceptors (Lipinski definition) is 4. The molecule has 1 aromatic rings. The average molecular weight is 342 g/mol. The van der Waals surface area contributed by atoms with Gasteiger partial charge in [0, 0.05) is 31.6 Å². The summed E-state index contributed by atoms with van der Waals surface area (Å²) in [4.78, 5) is 24.2. The van der Waals surface area contributed by atoms with Crippen molar-refractivity contribution in [1.29, 1.82) is 0 Å². The molecule has 0 unspecified atom stereocenters. The molecular weight excluding hydrogens is 320 g/mol. The Labute approximate surface area is 136 Å². The van der Waals surface area contributed by atoms with Gasteiger partial charge in [-0.25, -0.2) is 13.1 Å². The summed E-state index contributed by atoms with van der Waals surface area (Å²) in [6.07, 6.45) is 0.118. The van der Waals surface area contributed by atoms with Crippen LogP contribution >= 0.6 is 0 Å². The van der Waals surface area contributed by atoms with Crippen molar-refractivity contribution in [2.24, 2.45) is 0 Å². The Bertz CT molecular complexity index is 636. The van der Waals surface area contributed by atoms with E-state index in [1.807, 2.05) is 13.8 Å². The van der Waals surface area contributed by atoms with Crippen LogP contribution in [0.5, 0.6) is 0 Å². The highest BCUT2D eigenvalue weighted by atomic mass is 32.2. The van der Waals surface area contributed by atoms with Crippen LogP contribution in [-0.2, 0) is 14.8 Å².